The van der Waals surface area contributed by atoms with Crippen LogP contribution in [-0.4, -0.2) is 11.7 Å². The van der Waals surface area contributed by atoms with Gasteiger partial charge in [0.1, 0.15) is 0 Å². The molecular weight excluding hydrogens is 164 g/mol. The summed E-state index contributed by atoms with van der Waals surface area (Å²) in [6.45, 7) is 2.00. The zero-order valence-electron chi connectivity index (χ0n) is 8.16. The van der Waals surface area contributed by atoms with Gasteiger partial charge in [-0.15, -0.1) is 5.10 Å². The molecule has 0 saturated heterocycles. The Morgan fingerprint density at radius 3 is 2.23 bits per heavy atom. The van der Waals surface area contributed by atoms with Crippen molar-refractivity contribution in [2.75, 3.05) is 0 Å². The summed E-state index contributed by atoms with van der Waals surface area (Å²) >= 11 is 0. The molecule has 0 heterocycles. The molecule has 74 valence electrons. The highest BCUT2D eigenvalue weighted by atomic mass is 15.3. The third-order valence-electron chi connectivity index (χ3n) is 2.52. The van der Waals surface area contributed by atoms with Crippen LogP contribution in [0.25, 0.3) is 0 Å². The van der Waals surface area contributed by atoms with Crippen LogP contribution in [0.3, 0.4) is 0 Å². The molecule has 4 N–H and O–H groups in total. The highest BCUT2D eigenvalue weighted by molar-refractivity contribution is 5.85. The molecule has 0 aromatic rings. The Morgan fingerprint density at radius 1 is 1.08 bits per heavy atom. The minimum absolute atomic E-state index is 0.0372. The second kappa shape index (κ2) is 4.84. The first-order valence-corrected chi connectivity index (χ1v) is 4.83. The van der Waals surface area contributed by atoms with Crippen molar-refractivity contribution in [1.29, 1.82) is 0 Å². The predicted octanol–water partition coefficient (Wildman–Crippen LogP) is 1.22. The summed E-state index contributed by atoms with van der Waals surface area (Å²) in [5.74, 6) is 0.631. The van der Waals surface area contributed by atoms with Gasteiger partial charge in [-0.05, 0) is 25.7 Å². The van der Waals surface area contributed by atoms with Gasteiger partial charge in [0.05, 0.1) is 0 Å². The van der Waals surface area contributed by atoms with Crippen molar-refractivity contribution >= 4 is 11.7 Å². The van der Waals surface area contributed by atoms with Gasteiger partial charge in [-0.3, -0.25) is 0 Å². The quantitative estimate of drug-likeness (QED) is 0.382. The standard InChI is InChI=1S/C9H18N4/c1-7(12-13-9(10)11)8-5-3-2-4-6-8/h8H,2-6H2,1H3,(H4,10,11,13). The van der Waals surface area contributed by atoms with Crippen molar-refractivity contribution in [1.82, 2.24) is 0 Å². The van der Waals surface area contributed by atoms with Crippen LogP contribution >= 0.6 is 0 Å². The van der Waals surface area contributed by atoms with Crippen molar-refractivity contribution in [3.8, 4) is 0 Å². The van der Waals surface area contributed by atoms with Crippen LogP contribution in [0.1, 0.15) is 39.0 Å². The Morgan fingerprint density at radius 2 is 1.69 bits per heavy atom. The third kappa shape index (κ3) is 3.44. The SMILES string of the molecule is CC(=NN=C(N)N)C1CCCCC1. The molecule has 0 radical (unpaired) electrons. The molecule has 1 fully saturated rings. The molecule has 0 amide bonds. The maximum absolute atomic E-state index is 5.19. The Balaban J connectivity index is 2.49. The molecule has 0 aliphatic heterocycles. The number of hydrogen-bond donors (Lipinski definition) is 2. The van der Waals surface area contributed by atoms with Gasteiger partial charge in [-0.25, -0.2) is 0 Å². The molecule has 0 unspecified atom stereocenters. The highest BCUT2D eigenvalue weighted by Gasteiger charge is 2.15. The molecular formula is C9H18N4. The van der Waals surface area contributed by atoms with Crippen LogP contribution in [0.4, 0.5) is 0 Å². The molecule has 0 aromatic heterocycles. The van der Waals surface area contributed by atoms with Gasteiger partial charge >= 0.3 is 0 Å². The second-order valence-electron chi connectivity index (χ2n) is 3.60. The van der Waals surface area contributed by atoms with Gasteiger partial charge in [-0.1, -0.05) is 19.3 Å². The van der Waals surface area contributed by atoms with Crippen molar-refractivity contribution in [3.05, 3.63) is 0 Å². The van der Waals surface area contributed by atoms with Gasteiger partial charge in [0.25, 0.3) is 0 Å². The Hall–Kier alpha value is -1.06. The number of rotatable bonds is 2. The van der Waals surface area contributed by atoms with Crippen LogP contribution in [0.15, 0.2) is 10.2 Å². The van der Waals surface area contributed by atoms with Crippen molar-refractivity contribution in [3.63, 3.8) is 0 Å². The van der Waals surface area contributed by atoms with E-state index in [2.05, 4.69) is 10.2 Å². The average molecular weight is 182 g/mol. The zero-order valence-corrected chi connectivity index (χ0v) is 8.16. The number of nitrogens with two attached hydrogens (primary N) is 2. The van der Waals surface area contributed by atoms with E-state index in [1.54, 1.807) is 0 Å². The van der Waals surface area contributed by atoms with Gasteiger partial charge in [0.2, 0.25) is 5.96 Å². The molecule has 0 spiro atoms. The first-order chi connectivity index (χ1) is 6.20. The van der Waals surface area contributed by atoms with Crippen LogP contribution in [-0.2, 0) is 0 Å². The lowest BCUT2D eigenvalue weighted by atomic mass is 9.86. The molecule has 13 heavy (non-hydrogen) atoms. The topological polar surface area (TPSA) is 76.8 Å². The lowest BCUT2D eigenvalue weighted by Crippen LogP contribution is -2.22. The van der Waals surface area contributed by atoms with Crippen LogP contribution in [0.2, 0.25) is 0 Å². The minimum atomic E-state index is 0.0372. The molecule has 1 aliphatic rings. The molecule has 0 bridgehead atoms. The number of guanidine groups is 1. The summed E-state index contributed by atoms with van der Waals surface area (Å²) in [7, 11) is 0. The molecule has 1 rings (SSSR count). The van der Waals surface area contributed by atoms with Crippen molar-refractivity contribution in [2.24, 2.45) is 27.6 Å². The molecule has 1 saturated carbocycles. The first-order valence-electron chi connectivity index (χ1n) is 4.83. The van der Waals surface area contributed by atoms with E-state index in [0.717, 1.165) is 5.71 Å². The smallest absolute Gasteiger partial charge is 0.211 e. The fourth-order valence-corrected chi connectivity index (χ4v) is 1.74. The summed E-state index contributed by atoms with van der Waals surface area (Å²) in [5.41, 5.74) is 11.4. The number of nitrogens with zero attached hydrogens (tertiary/aromatic N) is 2. The van der Waals surface area contributed by atoms with Gasteiger partial charge < -0.3 is 11.5 Å². The molecule has 4 nitrogen and oxygen atoms in total. The summed E-state index contributed by atoms with van der Waals surface area (Å²) in [6, 6.07) is 0. The van der Waals surface area contributed by atoms with Crippen LogP contribution in [0.5, 0.6) is 0 Å². The first kappa shape index (κ1) is 10.0. The predicted molar refractivity (Wildman–Crippen MR) is 55.5 cm³/mol. The molecule has 1 aliphatic carbocycles. The molecule has 4 heteroatoms. The van der Waals surface area contributed by atoms with Crippen LogP contribution < -0.4 is 11.5 Å². The fraction of sp³-hybridized carbons (Fsp3) is 0.778. The Kier molecular flexibility index (Phi) is 3.73. The van der Waals surface area contributed by atoms with E-state index in [1.807, 2.05) is 6.92 Å². The minimum Gasteiger partial charge on any atom is -0.369 e. The largest absolute Gasteiger partial charge is 0.369 e. The molecule has 0 aromatic carbocycles. The zero-order chi connectivity index (χ0) is 9.68. The average Bonchev–Trinajstić information content (AvgIpc) is 2.15. The van der Waals surface area contributed by atoms with Crippen LogP contribution in [0, 0.1) is 5.92 Å². The number of hydrogen-bond acceptors (Lipinski definition) is 2. The lowest BCUT2D eigenvalue weighted by Gasteiger charge is -2.20. The van der Waals surface area contributed by atoms with E-state index in [9.17, 15) is 0 Å². The highest BCUT2D eigenvalue weighted by Crippen LogP contribution is 2.24. The third-order valence-corrected chi connectivity index (χ3v) is 2.52. The van der Waals surface area contributed by atoms with E-state index < -0.39 is 0 Å². The summed E-state index contributed by atoms with van der Waals surface area (Å²) in [6.07, 6.45) is 6.43. The van der Waals surface area contributed by atoms with Crippen molar-refractivity contribution < 1.29 is 0 Å². The Bertz CT molecular complexity index is 210. The van der Waals surface area contributed by atoms with Crippen molar-refractivity contribution in [2.45, 2.75) is 39.0 Å². The van der Waals surface area contributed by atoms with Gasteiger partial charge in [-0.2, -0.15) is 5.10 Å². The maximum atomic E-state index is 5.19. The van der Waals surface area contributed by atoms with E-state index >= 15 is 0 Å². The fourth-order valence-electron chi connectivity index (χ4n) is 1.74. The second-order valence-corrected chi connectivity index (χ2v) is 3.60. The summed E-state index contributed by atoms with van der Waals surface area (Å²) in [4.78, 5) is 0. The van der Waals surface area contributed by atoms with Gasteiger partial charge in [0, 0.05) is 5.71 Å². The summed E-state index contributed by atoms with van der Waals surface area (Å²) < 4.78 is 0. The van der Waals surface area contributed by atoms with E-state index in [-0.39, 0.29) is 5.96 Å². The summed E-state index contributed by atoms with van der Waals surface area (Å²) in [5, 5.41) is 7.66. The Labute approximate surface area is 79.1 Å². The molecule has 0 atom stereocenters. The monoisotopic (exact) mass is 182 g/mol. The lowest BCUT2D eigenvalue weighted by molar-refractivity contribution is 0.438. The normalized spacial score (nSPS) is 19.9. The maximum Gasteiger partial charge on any atom is 0.211 e. The van der Waals surface area contributed by atoms with Gasteiger partial charge in [0.15, 0.2) is 0 Å². The van der Waals surface area contributed by atoms with E-state index in [0.29, 0.717) is 5.92 Å². The van der Waals surface area contributed by atoms with E-state index in [4.69, 9.17) is 11.5 Å². The van der Waals surface area contributed by atoms with E-state index in [1.165, 1.54) is 32.1 Å².